The summed E-state index contributed by atoms with van der Waals surface area (Å²) < 4.78 is 5.19. The minimum Gasteiger partial charge on any atom is -0.477 e. The van der Waals surface area contributed by atoms with Crippen molar-refractivity contribution in [3.8, 4) is 0 Å². The molecular weight excluding hydrogens is 246 g/mol. The number of nitrogens with zero attached hydrogens (tertiary/aromatic N) is 2. The molecular formula is C13H15N3O3. The fourth-order valence-electron chi connectivity index (χ4n) is 1.52. The van der Waals surface area contributed by atoms with E-state index in [9.17, 15) is 4.79 Å². The van der Waals surface area contributed by atoms with E-state index in [2.05, 4.69) is 15.3 Å². The average molecular weight is 261 g/mol. The van der Waals surface area contributed by atoms with Crippen molar-refractivity contribution in [2.24, 2.45) is 0 Å². The van der Waals surface area contributed by atoms with Crippen LogP contribution in [0.2, 0.25) is 0 Å². The number of carboxylic acids is 1. The number of hydrogen-bond acceptors (Lipinski definition) is 5. The van der Waals surface area contributed by atoms with E-state index in [1.807, 2.05) is 19.9 Å². The van der Waals surface area contributed by atoms with Crippen molar-refractivity contribution in [1.82, 2.24) is 9.97 Å². The molecule has 2 aromatic heterocycles. The number of aromatic carboxylic acids is 1. The van der Waals surface area contributed by atoms with E-state index in [1.54, 1.807) is 12.3 Å². The van der Waals surface area contributed by atoms with Gasteiger partial charge in [-0.05, 0) is 12.1 Å². The van der Waals surface area contributed by atoms with Gasteiger partial charge in [0.25, 0.3) is 0 Å². The summed E-state index contributed by atoms with van der Waals surface area (Å²) in [7, 11) is 0. The molecule has 0 spiro atoms. The molecule has 6 heteroatoms. The minimum atomic E-state index is -1.06. The predicted molar refractivity (Wildman–Crippen MR) is 69.1 cm³/mol. The van der Waals surface area contributed by atoms with Crippen LogP contribution in [0.3, 0.4) is 0 Å². The number of carboxylic acid groups (broad SMARTS) is 1. The Kier molecular flexibility index (Phi) is 3.79. The van der Waals surface area contributed by atoms with Crippen molar-refractivity contribution in [3.63, 3.8) is 0 Å². The first-order valence-corrected chi connectivity index (χ1v) is 5.95. The molecule has 0 fully saturated rings. The summed E-state index contributed by atoms with van der Waals surface area (Å²) >= 11 is 0. The summed E-state index contributed by atoms with van der Waals surface area (Å²) in [6.07, 6.45) is 1.58. The van der Waals surface area contributed by atoms with Gasteiger partial charge in [-0.25, -0.2) is 14.8 Å². The van der Waals surface area contributed by atoms with Gasteiger partial charge in [0, 0.05) is 12.0 Å². The molecule has 0 unspecified atom stereocenters. The molecule has 6 nitrogen and oxygen atoms in total. The summed E-state index contributed by atoms with van der Waals surface area (Å²) in [5.74, 6) is 0.727. The summed E-state index contributed by atoms with van der Waals surface area (Å²) in [4.78, 5) is 19.3. The van der Waals surface area contributed by atoms with Gasteiger partial charge in [-0.2, -0.15) is 0 Å². The Morgan fingerprint density at radius 1 is 1.47 bits per heavy atom. The molecule has 0 aliphatic rings. The average Bonchev–Trinajstić information content (AvgIpc) is 2.89. The molecule has 2 rings (SSSR count). The van der Waals surface area contributed by atoms with Crippen LogP contribution < -0.4 is 5.32 Å². The first-order valence-electron chi connectivity index (χ1n) is 5.95. The molecule has 0 amide bonds. The Hall–Kier alpha value is -2.37. The topological polar surface area (TPSA) is 88.2 Å². The lowest BCUT2D eigenvalue weighted by atomic mass is 10.2. The number of anilines is 1. The number of nitrogens with one attached hydrogen (secondary N) is 1. The fraction of sp³-hybridized carbons (Fsp3) is 0.308. The fourth-order valence-corrected chi connectivity index (χ4v) is 1.52. The highest BCUT2D eigenvalue weighted by Gasteiger charge is 2.12. The summed E-state index contributed by atoms with van der Waals surface area (Å²) in [5.41, 5.74) is -0.0133. The third-order valence-electron chi connectivity index (χ3n) is 2.50. The van der Waals surface area contributed by atoms with Crippen LogP contribution in [0, 0.1) is 0 Å². The van der Waals surface area contributed by atoms with Gasteiger partial charge in [0.2, 0.25) is 0 Å². The van der Waals surface area contributed by atoms with Gasteiger partial charge in [0.1, 0.15) is 17.4 Å². The SMILES string of the molecule is CC(C)c1nc(NCc2ccco2)cc(C(=O)O)n1. The number of aromatic nitrogens is 2. The zero-order chi connectivity index (χ0) is 13.8. The molecule has 0 atom stereocenters. The third kappa shape index (κ3) is 3.31. The van der Waals surface area contributed by atoms with Crippen molar-refractivity contribution in [2.45, 2.75) is 26.3 Å². The standard InChI is InChI=1S/C13H15N3O3/c1-8(2)12-15-10(13(17)18)6-11(16-12)14-7-9-4-3-5-19-9/h3-6,8H,7H2,1-2H3,(H,17,18)(H,14,15,16). The van der Waals surface area contributed by atoms with Crippen molar-refractivity contribution in [2.75, 3.05) is 5.32 Å². The monoisotopic (exact) mass is 261 g/mol. The van der Waals surface area contributed by atoms with Crippen LogP contribution in [0.5, 0.6) is 0 Å². The van der Waals surface area contributed by atoms with E-state index in [-0.39, 0.29) is 11.6 Å². The van der Waals surface area contributed by atoms with Gasteiger partial charge in [-0.3, -0.25) is 0 Å². The Morgan fingerprint density at radius 2 is 2.26 bits per heavy atom. The van der Waals surface area contributed by atoms with Crippen molar-refractivity contribution in [1.29, 1.82) is 0 Å². The van der Waals surface area contributed by atoms with Gasteiger partial charge < -0.3 is 14.8 Å². The third-order valence-corrected chi connectivity index (χ3v) is 2.50. The van der Waals surface area contributed by atoms with Crippen molar-refractivity contribution < 1.29 is 14.3 Å². The van der Waals surface area contributed by atoms with Crippen LogP contribution in [-0.2, 0) is 6.54 Å². The molecule has 2 aromatic rings. The quantitative estimate of drug-likeness (QED) is 0.859. The Labute approximate surface area is 110 Å². The van der Waals surface area contributed by atoms with Crippen LogP contribution in [0.25, 0.3) is 0 Å². The molecule has 0 aliphatic carbocycles. The van der Waals surface area contributed by atoms with Gasteiger partial charge >= 0.3 is 5.97 Å². The lowest BCUT2D eigenvalue weighted by Crippen LogP contribution is -2.10. The first kappa shape index (κ1) is 13.1. The lowest BCUT2D eigenvalue weighted by molar-refractivity contribution is 0.0690. The molecule has 19 heavy (non-hydrogen) atoms. The second kappa shape index (κ2) is 5.51. The van der Waals surface area contributed by atoms with Crippen LogP contribution in [-0.4, -0.2) is 21.0 Å². The normalized spacial score (nSPS) is 10.7. The number of hydrogen-bond donors (Lipinski definition) is 2. The highest BCUT2D eigenvalue weighted by atomic mass is 16.4. The molecule has 0 aliphatic heterocycles. The second-order valence-electron chi connectivity index (χ2n) is 4.39. The molecule has 0 radical (unpaired) electrons. The minimum absolute atomic E-state index is 0.0133. The molecule has 2 N–H and O–H groups in total. The van der Waals surface area contributed by atoms with E-state index >= 15 is 0 Å². The van der Waals surface area contributed by atoms with E-state index < -0.39 is 5.97 Å². The Bertz CT molecular complexity index is 565. The molecule has 100 valence electrons. The number of furan rings is 1. The lowest BCUT2D eigenvalue weighted by Gasteiger charge is -2.09. The maximum atomic E-state index is 11.0. The molecule has 0 saturated carbocycles. The van der Waals surface area contributed by atoms with Crippen LogP contribution >= 0.6 is 0 Å². The van der Waals surface area contributed by atoms with Gasteiger partial charge in [0.15, 0.2) is 5.69 Å². The van der Waals surface area contributed by atoms with E-state index in [0.717, 1.165) is 5.76 Å². The second-order valence-corrected chi connectivity index (χ2v) is 4.39. The first-order chi connectivity index (χ1) is 9.06. The van der Waals surface area contributed by atoms with Crippen LogP contribution in [0.15, 0.2) is 28.9 Å². The maximum Gasteiger partial charge on any atom is 0.354 e. The largest absolute Gasteiger partial charge is 0.477 e. The summed E-state index contributed by atoms with van der Waals surface area (Å²) in [6, 6.07) is 5.03. The van der Waals surface area contributed by atoms with Crippen molar-refractivity contribution in [3.05, 3.63) is 41.7 Å². The zero-order valence-electron chi connectivity index (χ0n) is 10.8. The summed E-state index contributed by atoms with van der Waals surface area (Å²) in [5, 5.41) is 12.1. The van der Waals surface area contributed by atoms with Crippen LogP contribution in [0.4, 0.5) is 5.82 Å². The van der Waals surface area contributed by atoms with Gasteiger partial charge in [-0.1, -0.05) is 13.8 Å². The van der Waals surface area contributed by atoms with Gasteiger partial charge in [-0.15, -0.1) is 0 Å². The van der Waals surface area contributed by atoms with Crippen LogP contribution in [0.1, 0.15) is 41.8 Å². The Morgan fingerprint density at radius 3 is 2.84 bits per heavy atom. The smallest absolute Gasteiger partial charge is 0.354 e. The molecule has 0 saturated heterocycles. The van der Waals surface area contributed by atoms with E-state index in [1.165, 1.54) is 6.07 Å². The van der Waals surface area contributed by atoms with E-state index in [0.29, 0.717) is 18.2 Å². The summed E-state index contributed by atoms with van der Waals surface area (Å²) in [6.45, 7) is 4.27. The Balaban J connectivity index is 2.21. The maximum absolute atomic E-state index is 11.0. The van der Waals surface area contributed by atoms with Gasteiger partial charge in [0.05, 0.1) is 12.8 Å². The molecule has 0 aromatic carbocycles. The molecule has 0 bridgehead atoms. The predicted octanol–water partition coefficient (Wildman–Crippen LogP) is 2.50. The highest BCUT2D eigenvalue weighted by molar-refractivity contribution is 5.86. The molecule has 2 heterocycles. The number of rotatable bonds is 5. The zero-order valence-corrected chi connectivity index (χ0v) is 10.8. The van der Waals surface area contributed by atoms with E-state index in [4.69, 9.17) is 9.52 Å². The van der Waals surface area contributed by atoms with Crippen molar-refractivity contribution >= 4 is 11.8 Å². The number of carbonyl (C=O) groups is 1. The highest BCUT2D eigenvalue weighted by Crippen LogP contribution is 2.15.